The molecule has 0 unspecified atom stereocenters. The summed E-state index contributed by atoms with van der Waals surface area (Å²) in [5, 5.41) is 5.96. The van der Waals surface area contributed by atoms with Gasteiger partial charge in [-0.05, 0) is 61.4 Å². The fourth-order valence-corrected chi connectivity index (χ4v) is 2.91. The quantitative estimate of drug-likeness (QED) is 0.452. The van der Waals surface area contributed by atoms with E-state index in [1.807, 2.05) is 19.1 Å². The first-order valence-corrected chi connectivity index (χ1v) is 9.77. The van der Waals surface area contributed by atoms with Crippen molar-refractivity contribution in [1.82, 2.24) is 5.32 Å². The van der Waals surface area contributed by atoms with E-state index in [1.54, 1.807) is 30.3 Å². The summed E-state index contributed by atoms with van der Waals surface area (Å²) < 4.78 is 5.87. The van der Waals surface area contributed by atoms with E-state index in [0.29, 0.717) is 29.2 Å². The molecule has 0 bridgehead atoms. The predicted octanol–water partition coefficient (Wildman–Crippen LogP) is 4.10. The number of carbonyl (C=O) groups excluding carboxylic acids is 3. The second-order valence-electron chi connectivity index (χ2n) is 6.03. The van der Waals surface area contributed by atoms with E-state index in [9.17, 15) is 14.4 Å². The van der Waals surface area contributed by atoms with Crippen LogP contribution in [0.1, 0.15) is 28.8 Å². The van der Waals surface area contributed by atoms with Gasteiger partial charge in [-0.25, -0.2) is 0 Å². The number of nitrogens with one attached hydrogen (secondary N) is 2. The van der Waals surface area contributed by atoms with E-state index in [2.05, 4.69) is 26.6 Å². The third kappa shape index (κ3) is 7.32. The Hall–Kier alpha value is -2.38. The Morgan fingerprint density at radius 3 is 2.50 bits per heavy atom. The first-order chi connectivity index (χ1) is 13.3. The molecule has 148 valence electrons. The highest BCUT2D eigenvalue weighted by Gasteiger charge is 2.10. The highest BCUT2D eigenvalue weighted by molar-refractivity contribution is 9.10. The molecule has 0 aliphatic rings. The maximum Gasteiger partial charge on any atom is 0.306 e. The number of amides is 2. The van der Waals surface area contributed by atoms with Crippen LogP contribution in [0.3, 0.4) is 0 Å². The lowest BCUT2D eigenvalue weighted by Crippen LogP contribution is -2.25. The van der Waals surface area contributed by atoms with Crippen LogP contribution in [0.25, 0.3) is 0 Å². The molecule has 0 aromatic heterocycles. The molecule has 2 N–H and O–H groups in total. The van der Waals surface area contributed by atoms with Crippen molar-refractivity contribution in [1.29, 1.82) is 0 Å². The van der Waals surface area contributed by atoms with Gasteiger partial charge in [0, 0.05) is 33.7 Å². The minimum atomic E-state index is -0.497. The molecule has 0 radical (unpaired) electrons. The summed E-state index contributed by atoms with van der Waals surface area (Å²) in [5.74, 6) is -1.15. The van der Waals surface area contributed by atoms with E-state index in [-0.39, 0.29) is 18.9 Å². The molecule has 0 fully saturated rings. The molecule has 0 aliphatic heterocycles. The van der Waals surface area contributed by atoms with Crippen LogP contribution in [0.15, 0.2) is 46.9 Å². The summed E-state index contributed by atoms with van der Waals surface area (Å²) in [6.45, 7) is 1.83. The number of carbonyl (C=O) groups is 3. The molecule has 6 nitrogen and oxygen atoms in total. The molecule has 8 heteroatoms. The minimum Gasteiger partial charge on any atom is -0.456 e. The lowest BCUT2D eigenvalue weighted by molar-refractivity contribution is -0.147. The average molecular weight is 468 g/mol. The van der Waals surface area contributed by atoms with Crippen LogP contribution < -0.4 is 10.6 Å². The Bertz CT molecular complexity index is 856. The highest BCUT2D eigenvalue weighted by Crippen LogP contribution is 2.19. The third-order valence-corrected chi connectivity index (χ3v) is 4.52. The van der Waals surface area contributed by atoms with Crippen LogP contribution in [0.4, 0.5) is 5.69 Å². The van der Waals surface area contributed by atoms with Crippen LogP contribution in [0.2, 0.25) is 5.02 Å². The van der Waals surface area contributed by atoms with Crippen LogP contribution in [-0.4, -0.2) is 30.9 Å². The molecular weight excluding hydrogens is 448 g/mol. The summed E-state index contributed by atoms with van der Waals surface area (Å²) in [4.78, 5) is 35.5. The third-order valence-electron chi connectivity index (χ3n) is 3.78. The van der Waals surface area contributed by atoms with Gasteiger partial charge < -0.3 is 15.4 Å². The molecule has 2 aromatic carbocycles. The zero-order valence-corrected chi connectivity index (χ0v) is 17.6. The first-order valence-electron chi connectivity index (χ1n) is 8.60. The Morgan fingerprint density at radius 2 is 1.82 bits per heavy atom. The number of hydrogen-bond donors (Lipinski definition) is 2. The maximum absolute atomic E-state index is 11.9. The molecule has 2 amide bonds. The second-order valence-corrected chi connectivity index (χ2v) is 7.39. The number of esters is 1. The van der Waals surface area contributed by atoms with Gasteiger partial charge >= 0.3 is 5.97 Å². The molecule has 28 heavy (non-hydrogen) atoms. The smallest absolute Gasteiger partial charge is 0.306 e. The minimum absolute atomic E-state index is 0.103. The summed E-state index contributed by atoms with van der Waals surface area (Å²) in [7, 11) is 0. The van der Waals surface area contributed by atoms with E-state index >= 15 is 0 Å². The van der Waals surface area contributed by atoms with Gasteiger partial charge in [-0.15, -0.1) is 0 Å². The lowest BCUT2D eigenvalue weighted by Gasteiger charge is -2.09. The van der Waals surface area contributed by atoms with Gasteiger partial charge in [-0.1, -0.05) is 27.5 Å². The van der Waals surface area contributed by atoms with Crippen LogP contribution in [-0.2, 0) is 14.3 Å². The number of rotatable bonds is 8. The number of ether oxygens (including phenoxy) is 1. The summed E-state index contributed by atoms with van der Waals surface area (Å²) >= 11 is 9.13. The number of halogens is 2. The van der Waals surface area contributed by atoms with Gasteiger partial charge in [-0.3, -0.25) is 14.4 Å². The Labute approximate surface area is 176 Å². The van der Waals surface area contributed by atoms with E-state index < -0.39 is 11.9 Å². The summed E-state index contributed by atoms with van der Waals surface area (Å²) in [6.07, 6.45) is 0.511. The van der Waals surface area contributed by atoms with E-state index in [1.165, 1.54) is 0 Å². The van der Waals surface area contributed by atoms with Crippen molar-refractivity contribution in [3.8, 4) is 0 Å². The van der Waals surface area contributed by atoms with Gasteiger partial charge in [0.05, 0.1) is 0 Å². The van der Waals surface area contributed by atoms with Gasteiger partial charge in [0.2, 0.25) is 0 Å². The standard InChI is InChI=1S/C20H20BrClN2O4/c1-13-11-15(21)6-9-17(13)24-18(25)12-28-19(26)3-2-10-23-20(27)14-4-7-16(22)8-5-14/h4-9,11H,2-3,10,12H2,1H3,(H,23,27)(H,24,25). The van der Waals surface area contributed by atoms with Crippen molar-refractivity contribution in [3.05, 3.63) is 63.1 Å². The number of anilines is 1. The topological polar surface area (TPSA) is 84.5 Å². The number of hydrogen-bond acceptors (Lipinski definition) is 4. The molecule has 2 rings (SSSR count). The second kappa shape index (κ2) is 10.8. The largest absolute Gasteiger partial charge is 0.456 e. The lowest BCUT2D eigenvalue weighted by atomic mass is 10.2. The van der Waals surface area contributed by atoms with Crippen molar-refractivity contribution >= 4 is 51.0 Å². The SMILES string of the molecule is Cc1cc(Br)ccc1NC(=O)COC(=O)CCCNC(=O)c1ccc(Cl)cc1. The van der Waals surface area contributed by atoms with Crippen LogP contribution in [0.5, 0.6) is 0 Å². The molecule has 0 saturated carbocycles. The molecule has 0 heterocycles. The Kier molecular flexibility index (Phi) is 8.47. The van der Waals surface area contributed by atoms with Crippen LogP contribution in [0, 0.1) is 6.92 Å². The molecule has 0 saturated heterocycles. The zero-order chi connectivity index (χ0) is 20.5. The average Bonchev–Trinajstić information content (AvgIpc) is 2.66. The van der Waals surface area contributed by atoms with Crippen molar-refractivity contribution in [2.24, 2.45) is 0 Å². The summed E-state index contributed by atoms with van der Waals surface area (Å²) in [5.41, 5.74) is 2.05. The fraction of sp³-hybridized carbons (Fsp3) is 0.250. The molecular formula is C20H20BrClN2O4. The van der Waals surface area contributed by atoms with Crippen LogP contribution >= 0.6 is 27.5 Å². The monoisotopic (exact) mass is 466 g/mol. The molecule has 2 aromatic rings. The molecule has 0 aliphatic carbocycles. The van der Waals surface area contributed by atoms with Crippen molar-refractivity contribution in [2.75, 3.05) is 18.5 Å². The first kappa shape index (κ1) is 21.9. The Balaban J connectivity index is 1.63. The Morgan fingerprint density at radius 1 is 1.11 bits per heavy atom. The van der Waals surface area contributed by atoms with Crippen molar-refractivity contribution in [2.45, 2.75) is 19.8 Å². The van der Waals surface area contributed by atoms with Crippen molar-refractivity contribution < 1.29 is 19.1 Å². The van der Waals surface area contributed by atoms with Gasteiger partial charge in [-0.2, -0.15) is 0 Å². The molecule has 0 spiro atoms. The van der Waals surface area contributed by atoms with E-state index in [4.69, 9.17) is 16.3 Å². The van der Waals surface area contributed by atoms with Gasteiger partial charge in [0.1, 0.15) is 0 Å². The fourth-order valence-electron chi connectivity index (χ4n) is 2.31. The number of aryl methyl sites for hydroxylation is 1. The van der Waals surface area contributed by atoms with E-state index in [0.717, 1.165) is 10.0 Å². The summed E-state index contributed by atoms with van der Waals surface area (Å²) in [6, 6.07) is 12.0. The van der Waals surface area contributed by atoms with Gasteiger partial charge in [0.25, 0.3) is 11.8 Å². The van der Waals surface area contributed by atoms with Gasteiger partial charge in [0.15, 0.2) is 6.61 Å². The predicted molar refractivity (Wildman–Crippen MR) is 111 cm³/mol. The molecule has 0 atom stereocenters. The normalized spacial score (nSPS) is 10.2. The van der Waals surface area contributed by atoms with Crippen molar-refractivity contribution in [3.63, 3.8) is 0 Å². The maximum atomic E-state index is 11.9. The highest BCUT2D eigenvalue weighted by atomic mass is 79.9. The number of benzene rings is 2. The zero-order valence-electron chi connectivity index (χ0n) is 15.3.